The van der Waals surface area contributed by atoms with Crippen LogP contribution in [0.15, 0.2) is 18.2 Å². The van der Waals surface area contributed by atoms with Crippen LogP contribution >= 0.6 is 23.2 Å². The predicted octanol–water partition coefficient (Wildman–Crippen LogP) is 3.93. The Labute approximate surface area is 95.6 Å². The van der Waals surface area contributed by atoms with E-state index in [-0.39, 0.29) is 0 Å². The van der Waals surface area contributed by atoms with Gasteiger partial charge in [0.15, 0.2) is 0 Å². The van der Waals surface area contributed by atoms with E-state index in [1.165, 1.54) is 0 Å². The van der Waals surface area contributed by atoms with Crippen LogP contribution in [0.3, 0.4) is 0 Å². The average molecular weight is 232 g/mol. The van der Waals surface area contributed by atoms with E-state index in [0.717, 1.165) is 29.4 Å². The number of nitrogens with zero attached hydrogens (tertiary/aromatic N) is 1. The lowest BCUT2D eigenvalue weighted by atomic mass is 10.2. The molecule has 0 saturated carbocycles. The number of hydrogen-bond donors (Lipinski definition) is 0. The van der Waals surface area contributed by atoms with Crippen molar-refractivity contribution in [2.75, 3.05) is 18.0 Å². The van der Waals surface area contributed by atoms with Crippen LogP contribution in [0.4, 0.5) is 5.69 Å². The summed E-state index contributed by atoms with van der Waals surface area (Å²) in [5, 5.41) is 0.754. The third-order valence-corrected chi connectivity index (χ3v) is 2.95. The van der Waals surface area contributed by atoms with E-state index in [1.807, 2.05) is 12.1 Å². The lowest BCUT2D eigenvalue weighted by molar-refractivity contribution is 0.861. The minimum atomic E-state index is 0.464. The Morgan fingerprint density at radius 3 is 2.36 bits per heavy atom. The van der Waals surface area contributed by atoms with Crippen LogP contribution in [0.5, 0.6) is 0 Å². The number of halogens is 2. The molecule has 0 N–H and O–H groups in total. The van der Waals surface area contributed by atoms with E-state index in [2.05, 4.69) is 24.8 Å². The molecule has 1 nitrogen and oxygen atoms in total. The van der Waals surface area contributed by atoms with E-state index in [4.69, 9.17) is 23.2 Å². The van der Waals surface area contributed by atoms with Crippen LogP contribution in [0, 0.1) is 0 Å². The van der Waals surface area contributed by atoms with Gasteiger partial charge in [-0.2, -0.15) is 0 Å². The second-order valence-electron chi connectivity index (χ2n) is 3.04. The van der Waals surface area contributed by atoms with Gasteiger partial charge in [0.1, 0.15) is 0 Å². The largest absolute Gasteiger partial charge is 0.372 e. The van der Waals surface area contributed by atoms with Crippen molar-refractivity contribution in [2.45, 2.75) is 19.7 Å². The standard InChI is InChI=1S/C11H15Cl2N/c1-3-14(4-2)11-7-5-6-10(13)9(11)8-12/h5-7H,3-4,8H2,1-2H3. The van der Waals surface area contributed by atoms with E-state index < -0.39 is 0 Å². The zero-order chi connectivity index (χ0) is 10.6. The number of benzene rings is 1. The van der Waals surface area contributed by atoms with Crippen molar-refractivity contribution in [1.29, 1.82) is 0 Å². The van der Waals surface area contributed by atoms with E-state index in [1.54, 1.807) is 0 Å². The van der Waals surface area contributed by atoms with Crippen molar-refractivity contribution in [3.8, 4) is 0 Å². The van der Waals surface area contributed by atoms with E-state index in [9.17, 15) is 0 Å². The fourth-order valence-corrected chi connectivity index (χ4v) is 2.13. The Morgan fingerprint density at radius 1 is 1.21 bits per heavy atom. The first-order chi connectivity index (χ1) is 6.74. The summed E-state index contributed by atoms with van der Waals surface area (Å²) in [6, 6.07) is 5.91. The summed E-state index contributed by atoms with van der Waals surface area (Å²) >= 11 is 12.0. The summed E-state index contributed by atoms with van der Waals surface area (Å²) < 4.78 is 0. The summed E-state index contributed by atoms with van der Waals surface area (Å²) in [4.78, 5) is 2.25. The van der Waals surface area contributed by atoms with E-state index >= 15 is 0 Å². The third kappa shape index (κ3) is 2.34. The zero-order valence-corrected chi connectivity index (χ0v) is 10.1. The summed E-state index contributed by atoms with van der Waals surface area (Å²) in [5.74, 6) is 0.464. The van der Waals surface area contributed by atoms with Gasteiger partial charge in [-0.25, -0.2) is 0 Å². The molecular weight excluding hydrogens is 217 g/mol. The topological polar surface area (TPSA) is 3.24 Å². The molecule has 0 unspecified atom stereocenters. The Kier molecular flexibility index (Phi) is 4.56. The zero-order valence-electron chi connectivity index (χ0n) is 8.56. The average Bonchev–Trinajstić information content (AvgIpc) is 2.20. The molecule has 0 bridgehead atoms. The van der Waals surface area contributed by atoms with Gasteiger partial charge in [0, 0.05) is 29.4 Å². The molecule has 1 aromatic rings. The first kappa shape index (κ1) is 11.7. The lowest BCUT2D eigenvalue weighted by Crippen LogP contribution is -2.23. The Balaban J connectivity index is 3.11. The molecule has 3 heteroatoms. The predicted molar refractivity (Wildman–Crippen MR) is 64.6 cm³/mol. The van der Waals surface area contributed by atoms with Gasteiger partial charge in [0.2, 0.25) is 0 Å². The molecule has 0 spiro atoms. The number of rotatable bonds is 4. The molecule has 14 heavy (non-hydrogen) atoms. The molecule has 1 aromatic carbocycles. The monoisotopic (exact) mass is 231 g/mol. The maximum absolute atomic E-state index is 6.08. The fourth-order valence-electron chi connectivity index (χ4n) is 1.54. The first-order valence-corrected chi connectivity index (χ1v) is 5.74. The minimum Gasteiger partial charge on any atom is -0.372 e. The number of hydrogen-bond acceptors (Lipinski definition) is 1. The maximum atomic E-state index is 6.08. The molecule has 0 aliphatic carbocycles. The molecule has 0 aromatic heterocycles. The van der Waals surface area contributed by atoms with Crippen molar-refractivity contribution in [3.63, 3.8) is 0 Å². The summed E-state index contributed by atoms with van der Waals surface area (Å²) in [5.41, 5.74) is 2.18. The normalized spacial score (nSPS) is 10.3. The van der Waals surface area contributed by atoms with Crippen LogP contribution in [0.25, 0.3) is 0 Å². The molecule has 78 valence electrons. The van der Waals surface area contributed by atoms with Crippen LogP contribution in [0.1, 0.15) is 19.4 Å². The number of alkyl halides is 1. The molecule has 0 amide bonds. The van der Waals surface area contributed by atoms with Gasteiger partial charge in [0.05, 0.1) is 5.88 Å². The SMILES string of the molecule is CCN(CC)c1cccc(Cl)c1CCl. The molecule has 0 atom stereocenters. The van der Waals surface area contributed by atoms with Gasteiger partial charge in [-0.3, -0.25) is 0 Å². The quantitative estimate of drug-likeness (QED) is 0.711. The third-order valence-electron chi connectivity index (χ3n) is 2.33. The molecule has 0 saturated heterocycles. The first-order valence-electron chi connectivity index (χ1n) is 4.82. The Morgan fingerprint density at radius 2 is 1.86 bits per heavy atom. The van der Waals surface area contributed by atoms with Gasteiger partial charge in [-0.15, -0.1) is 11.6 Å². The second-order valence-corrected chi connectivity index (χ2v) is 3.72. The highest BCUT2D eigenvalue weighted by Crippen LogP contribution is 2.28. The molecule has 0 aliphatic rings. The van der Waals surface area contributed by atoms with Crippen molar-refractivity contribution in [1.82, 2.24) is 0 Å². The van der Waals surface area contributed by atoms with Crippen LogP contribution < -0.4 is 4.90 Å². The van der Waals surface area contributed by atoms with Gasteiger partial charge < -0.3 is 4.90 Å². The summed E-state index contributed by atoms with van der Waals surface area (Å²) in [7, 11) is 0. The van der Waals surface area contributed by atoms with Gasteiger partial charge >= 0.3 is 0 Å². The fraction of sp³-hybridized carbons (Fsp3) is 0.455. The Hall–Kier alpha value is -0.400. The van der Waals surface area contributed by atoms with Crippen molar-refractivity contribution in [3.05, 3.63) is 28.8 Å². The van der Waals surface area contributed by atoms with Crippen LogP contribution in [0.2, 0.25) is 5.02 Å². The minimum absolute atomic E-state index is 0.464. The van der Waals surface area contributed by atoms with Crippen molar-refractivity contribution >= 4 is 28.9 Å². The molecule has 0 aliphatic heterocycles. The maximum Gasteiger partial charge on any atom is 0.0509 e. The molecule has 0 fully saturated rings. The summed E-state index contributed by atoms with van der Waals surface area (Å²) in [6.45, 7) is 6.20. The van der Waals surface area contributed by atoms with Crippen LogP contribution in [-0.4, -0.2) is 13.1 Å². The summed E-state index contributed by atoms with van der Waals surface area (Å²) in [6.07, 6.45) is 0. The van der Waals surface area contributed by atoms with Gasteiger partial charge in [0.25, 0.3) is 0 Å². The van der Waals surface area contributed by atoms with E-state index in [0.29, 0.717) is 5.88 Å². The molecular formula is C11H15Cl2N. The van der Waals surface area contributed by atoms with Crippen molar-refractivity contribution < 1.29 is 0 Å². The highest BCUT2D eigenvalue weighted by molar-refractivity contribution is 6.32. The van der Waals surface area contributed by atoms with Crippen molar-refractivity contribution in [2.24, 2.45) is 0 Å². The molecule has 0 heterocycles. The lowest BCUT2D eigenvalue weighted by Gasteiger charge is -2.24. The smallest absolute Gasteiger partial charge is 0.0509 e. The number of anilines is 1. The second kappa shape index (κ2) is 5.47. The molecule has 1 rings (SSSR count). The van der Waals surface area contributed by atoms with Gasteiger partial charge in [-0.1, -0.05) is 17.7 Å². The Bertz CT molecular complexity index is 295. The highest BCUT2D eigenvalue weighted by atomic mass is 35.5. The van der Waals surface area contributed by atoms with Gasteiger partial charge in [-0.05, 0) is 26.0 Å². The highest BCUT2D eigenvalue weighted by Gasteiger charge is 2.09. The van der Waals surface area contributed by atoms with Crippen LogP contribution in [-0.2, 0) is 5.88 Å². The molecule has 0 radical (unpaired) electrons.